The number of aryl methyl sites for hydroxylation is 1. The normalized spacial score (nSPS) is 10.1. The second-order valence-electron chi connectivity index (χ2n) is 4.15. The molecule has 0 saturated heterocycles. The van der Waals surface area contributed by atoms with Crippen LogP contribution in [0.15, 0.2) is 34.9 Å². The molecule has 0 aliphatic heterocycles. The Kier molecular flexibility index (Phi) is 4.50. The number of nitro groups is 1. The lowest BCUT2D eigenvalue weighted by Gasteiger charge is -2.05. The van der Waals surface area contributed by atoms with E-state index in [9.17, 15) is 14.9 Å². The fourth-order valence-corrected chi connectivity index (χ4v) is 1.46. The lowest BCUT2D eigenvalue weighted by atomic mass is 10.2. The Balaban J connectivity index is 1.77. The zero-order valence-electron chi connectivity index (χ0n) is 11.1. The first-order valence-electron chi connectivity index (χ1n) is 5.99. The third-order valence-corrected chi connectivity index (χ3v) is 2.49. The van der Waals surface area contributed by atoms with Gasteiger partial charge in [-0.05, 0) is 29.8 Å². The number of non-ortho nitro benzene ring substituents is 1. The van der Waals surface area contributed by atoms with Gasteiger partial charge in [-0.25, -0.2) is 4.79 Å². The molecule has 110 valence electrons. The molecule has 21 heavy (non-hydrogen) atoms. The molecule has 0 spiro atoms. The SMILES string of the molecule is Cc1cc(OCC(=O)OCc2ccc([N+](=O)[O-])cc2)no1. The van der Waals surface area contributed by atoms with Crippen molar-refractivity contribution < 1.29 is 23.7 Å². The van der Waals surface area contributed by atoms with Gasteiger partial charge in [-0.2, -0.15) is 0 Å². The molecule has 0 aliphatic rings. The Labute approximate surface area is 119 Å². The first-order valence-corrected chi connectivity index (χ1v) is 5.99. The van der Waals surface area contributed by atoms with Crippen molar-refractivity contribution >= 4 is 11.7 Å². The minimum absolute atomic E-state index is 0.0119. The van der Waals surface area contributed by atoms with Gasteiger partial charge in [0.25, 0.3) is 11.6 Å². The van der Waals surface area contributed by atoms with Gasteiger partial charge in [-0.1, -0.05) is 0 Å². The van der Waals surface area contributed by atoms with Crippen LogP contribution < -0.4 is 4.74 Å². The molecule has 8 nitrogen and oxygen atoms in total. The summed E-state index contributed by atoms with van der Waals surface area (Å²) < 4.78 is 14.8. The number of carbonyl (C=O) groups excluding carboxylic acids is 1. The van der Waals surface area contributed by atoms with Crippen LogP contribution in [0.2, 0.25) is 0 Å². The van der Waals surface area contributed by atoms with Crippen molar-refractivity contribution in [3.8, 4) is 5.88 Å². The topological polar surface area (TPSA) is 105 Å². The van der Waals surface area contributed by atoms with Gasteiger partial charge in [-0.15, -0.1) is 0 Å². The van der Waals surface area contributed by atoms with Crippen LogP contribution in [-0.4, -0.2) is 22.7 Å². The number of nitrogens with zero attached hydrogens (tertiary/aromatic N) is 2. The van der Waals surface area contributed by atoms with Crippen LogP contribution in [0.3, 0.4) is 0 Å². The lowest BCUT2D eigenvalue weighted by molar-refractivity contribution is -0.384. The summed E-state index contributed by atoms with van der Waals surface area (Å²) in [6.45, 7) is 1.42. The van der Waals surface area contributed by atoms with Gasteiger partial charge in [0, 0.05) is 18.2 Å². The lowest BCUT2D eigenvalue weighted by Crippen LogP contribution is -2.14. The highest BCUT2D eigenvalue weighted by Gasteiger charge is 2.09. The fourth-order valence-electron chi connectivity index (χ4n) is 1.46. The van der Waals surface area contributed by atoms with Crippen molar-refractivity contribution in [3.05, 3.63) is 51.8 Å². The third kappa shape index (κ3) is 4.30. The van der Waals surface area contributed by atoms with E-state index in [0.29, 0.717) is 11.3 Å². The highest BCUT2D eigenvalue weighted by atomic mass is 16.6. The second-order valence-corrected chi connectivity index (χ2v) is 4.15. The van der Waals surface area contributed by atoms with E-state index in [0.717, 1.165) is 0 Å². The van der Waals surface area contributed by atoms with Crippen LogP contribution >= 0.6 is 0 Å². The van der Waals surface area contributed by atoms with Crippen molar-refractivity contribution in [2.75, 3.05) is 6.61 Å². The van der Waals surface area contributed by atoms with Gasteiger partial charge in [0.2, 0.25) is 0 Å². The van der Waals surface area contributed by atoms with Crippen LogP contribution in [0.5, 0.6) is 5.88 Å². The molecule has 1 aromatic carbocycles. The molecule has 1 heterocycles. The average Bonchev–Trinajstić information content (AvgIpc) is 2.89. The summed E-state index contributed by atoms with van der Waals surface area (Å²) in [7, 11) is 0. The molecule has 0 radical (unpaired) electrons. The van der Waals surface area contributed by atoms with Gasteiger partial charge in [0.1, 0.15) is 12.4 Å². The number of ether oxygens (including phenoxy) is 2. The smallest absolute Gasteiger partial charge is 0.344 e. The number of hydrogen-bond donors (Lipinski definition) is 0. The second kappa shape index (κ2) is 6.51. The highest BCUT2D eigenvalue weighted by molar-refractivity contribution is 5.71. The van der Waals surface area contributed by atoms with Gasteiger partial charge in [0.05, 0.1) is 4.92 Å². The summed E-state index contributed by atoms with van der Waals surface area (Å²) in [5.41, 5.74) is 0.626. The molecule has 8 heteroatoms. The zero-order chi connectivity index (χ0) is 15.2. The maximum atomic E-state index is 11.5. The molecular formula is C13H12N2O6. The van der Waals surface area contributed by atoms with E-state index in [1.807, 2.05) is 0 Å². The Hall–Kier alpha value is -2.90. The molecule has 0 bridgehead atoms. The highest BCUT2D eigenvalue weighted by Crippen LogP contribution is 2.13. The Morgan fingerprint density at radius 3 is 2.67 bits per heavy atom. The maximum absolute atomic E-state index is 11.5. The van der Waals surface area contributed by atoms with Gasteiger partial charge < -0.3 is 14.0 Å². The standard InChI is InChI=1S/C13H12N2O6/c1-9-6-12(14-21-9)19-8-13(16)20-7-10-2-4-11(5-3-10)15(17)18/h2-6H,7-8H2,1H3. The van der Waals surface area contributed by atoms with Crippen LogP contribution in [0, 0.1) is 17.0 Å². The Morgan fingerprint density at radius 1 is 1.38 bits per heavy atom. The minimum Gasteiger partial charge on any atom is -0.463 e. The minimum atomic E-state index is -0.575. The van der Waals surface area contributed by atoms with E-state index in [-0.39, 0.29) is 24.8 Å². The Bertz CT molecular complexity index is 634. The van der Waals surface area contributed by atoms with E-state index in [2.05, 4.69) is 5.16 Å². The van der Waals surface area contributed by atoms with Crippen LogP contribution in [0.4, 0.5) is 5.69 Å². The first kappa shape index (κ1) is 14.5. The number of hydrogen-bond acceptors (Lipinski definition) is 7. The third-order valence-electron chi connectivity index (χ3n) is 2.49. The summed E-state index contributed by atoms with van der Waals surface area (Å²) in [6, 6.07) is 7.28. The molecule has 0 unspecified atom stereocenters. The molecule has 0 N–H and O–H groups in total. The van der Waals surface area contributed by atoms with Crippen molar-refractivity contribution in [1.29, 1.82) is 0 Å². The van der Waals surface area contributed by atoms with Crippen molar-refractivity contribution in [3.63, 3.8) is 0 Å². The summed E-state index contributed by atoms with van der Waals surface area (Å²) in [5.74, 6) is 0.207. The number of aromatic nitrogens is 1. The van der Waals surface area contributed by atoms with Crippen molar-refractivity contribution in [2.45, 2.75) is 13.5 Å². The van der Waals surface area contributed by atoms with E-state index in [1.54, 1.807) is 13.0 Å². The molecule has 0 atom stereocenters. The first-order chi connectivity index (χ1) is 10.0. The predicted octanol–water partition coefficient (Wildman–Crippen LogP) is 2.01. The van der Waals surface area contributed by atoms with Crippen LogP contribution in [0.25, 0.3) is 0 Å². The van der Waals surface area contributed by atoms with Gasteiger partial charge >= 0.3 is 5.97 Å². The van der Waals surface area contributed by atoms with Crippen molar-refractivity contribution in [1.82, 2.24) is 5.16 Å². The molecule has 0 amide bonds. The molecule has 2 rings (SSSR count). The van der Waals surface area contributed by atoms with Crippen LogP contribution in [0.1, 0.15) is 11.3 Å². The molecule has 0 aliphatic carbocycles. The number of carbonyl (C=O) groups is 1. The molecule has 1 aromatic heterocycles. The van der Waals surface area contributed by atoms with E-state index < -0.39 is 10.9 Å². The molecule has 2 aromatic rings. The number of esters is 1. The molecule has 0 saturated carbocycles. The van der Waals surface area contributed by atoms with E-state index in [4.69, 9.17) is 14.0 Å². The summed E-state index contributed by atoms with van der Waals surface area (Å²) in [4.78, 5) is 21.5. The van der Waals surface area contributed by atoms with Crippen molar-refractivity contribution in [2.24, 2.45) is 0 Å². The zero-order valence-corrected chi connectivity index (χ0v) is 11.1. The summed E-state index contributed by atoms with van der Waals surface area (Å²) >= 11 is 0. The fraction of sp³-hybridized carbons (Fsp3) is 0.231. The van der Waals surface area contributed by atoms with Gasteiger partial charge in [-0.3, -0.25) is 10.1 Å². The average molecular weight is 292 g/mol. The predicted molar refractivity (Wildman–Crippen MR) is 69.6 cm³/mol. The van der Waals surface area contributed by atoms with E-state index >= 15 is 0 Å². The largest absolute Gasteiger partial charge is 0.463 e. The quantitative estimate of drug-likeness (QED) is 0.455. The monoisotopic (exact) mass is 292 g/mol. The Morgan fingerprint density at radius 2 is 2.10 bits per heavy atom. The van der Waals surface area contributed by atoms with E-state index in [1.165, 1.54) is 24.3 Å². The summed E-state index contributed by atoms with van der Waals surface area (Å²) in [6.07, 6.45) is 0. The van der Waals surface area contributed by atoms with Gasteiger partial charge in [0.15, 0.2) is 6.61 Å². The summed E-state index contributed by atoms with van der Waals surface area (Å²) in [5, 5.41) is 14.1. The number of nitro benzene ring substituents is 1. The molecular weight excluding hydrogens is 280 g/mol. The van der Waals surface area contributed by atoms with Crippen LogP contribution in [-0.2, 0) is 16.1 Å². The number of benzene rings is 1. The maximum Gasteiger partial charge on any atom is 0.344 e. The molecule has 0 fully saturated rings. The number of rotatable bonds is 6.